The number of morpholine rings is 1. The number of carbonyl (C=O) groups is 2. The van der Waals surface area contributed by atoms with E-state index in [4.69, 9.17) is 21.1 Å². The molecule has 11 heteroatoms. The van der Waals surface area contributed by atoms with Crippen molar-refractivity contribution in [1.29, 1.82) is 0 Å². The predicted octanol–water partition coefficient (Wildman–Crippen LogP) is 3.45. The van der Waals surface area contributed by atoms with Gasteiger partial charge < -0.3 is 14.4 Å². The molecule has 4 rings (SSSR count). The number of thiophene rings is 1. The molecule has 2 fully saturated rings. The van der Waals surface area contributed by atoms with Crippen LogP contribution < -0.4 is 4.90 Å². The highest BCUT2D eigenvalue weighted by Crippen LogP contribution is 2.29. The van der Waals surface area contributed by atoms with E-state index in [-0.39, 0.29) is 16.2 Å². The van der Waals surface area contributed by atoms with Crippen LogP contribution in [0.2, 0.25) is 4.34 Å². The van der Waals surface area contributed by atoms with Crippen molar-refractivity contribution in [2.24, 2.45) is 0 Å². The lowest BCUT2D eigenvalue weighted by molar-refractivity contribution is 0.0475. The van der Waals surface area contributed by atoms with E-state index in [1.807, 2.05) is 4.90 Å². The zero-order valence-electron chi connectivity index (χ0n) is 18.0. The summed E-state index contributed by atoms with van der Waals surface area (Å²) >= 11 is 6.98. The number of halogens is 1. The molecular weight excluding hydrogens is 488 g/mol. The zero-order valence-corrected chi connectivity index (χ0v) is 20.4. The first-order valence-electron chi connectivity index (χ1n) is 10.8. The van der Waals surface area contributed by atoms with Crippen molar-refractivity contribution in [1.82, 2.24) is 4.31 Å². The molecule has 2 aliphatic heterocycles. The number of sulfonamides is 1. The maximum Gasteiger partial charge on any atom is 0.340 e. The van der Waals surface area contributed by atoms with Gasteiger partial charge in [-0.15, -0.1) is 11.3 Å². The Morgan fingerprint density at radius 2 is 1.76 bits per heavy atom. The largest absolute Gasteiger partial charge is 0.454 e. The molecule has 2 saturated heterocycles. The zero-order chi connectivity index (χ0) is 23.4. The van der Waals surface area contributed by atoms with Gasteiger partial charge in [-0.2, -0.15) is 4.31 Å². The normalized spacial score (nSPS) is 17.7. The number of hydrogen-bond acceptors (Lipinski definition) is 8. The second-order valence-electron chi connectivity index (χ2n) is 7.85. The second-order valence-corrected chi connectivity index (χ2v) is 11.5. The van der Waals surface area contributed by atoms with Crippen LogP contribution in [0.25, 0.3) is 0 Å². The van der Waals surface area contributed by atoms with Crippen molar-refractivity contribution >= 4 is 50.4 Å². The molecule has 0 unspecified atom stereocenters. The Labute approximate surface area is 202 Å². The van der Waals surface area contributed by atoms with Gasteiger partial charge in [0.2, 0.25) is 15.8 Å². The summed E-state index contributed by atoms with van der Waals surface area (Å²) < 4.78 is 39.0. The molecule has 0 bridgehead atoms. The van der Waals surface area contributed by atoms with E-state index in [0.29, 0.717) is 54.3 Å². The molecule has 0 spiro atoms. The number of Topliss-reactive ketones (excluding diaryl/α,β-unsaturated/α-hetero) is 1. The van der Waals surface area contributed by atoms with Crippen LogP contribution in [0.3, 0.4) is 0 Å². The Kier molecular flexibility index (Phi) is 7.70. The lowest BCUT2D eigenvalue weighted by Crippen LogP contribution is -2.38. The van der Waals surface area contributed by atoms with Crippen LogP contribution in [0.1, 0.15) is 39.3 Å². The first-order chi connectivity index (χ1) is 15.9. The number of rotatable bonds is 7. The van der Waals surface area contributed by atoms with Crippen LogP contribution >= 0.6 is 22.9 Å². The number of benzene rings is 1. The van der Waals surface area contributed by atoms with E-state index < -0.39 is 22.6 Å². The highest BCUT2D eigenvalue weighted by atomic mass is 35.5. The van der Waals surface area contributed by atoms with Crippen molar-refractivity contribution in [3.8, 4) is 0 Å². The maximum atomic E-state index is 13.2. The molecule has 0 atom stereocenters. The van der Waals surface area contributed by atoms with Gasteiger partial charge in [0.05, 0.1) is 38.6 Å². The van der Waals surface area contributed by atoms with E-state index in [0.717, 1.165) is 30.6 Å². The number of carbonyl (C=O) groups excluding carboxylic acids is 2. The minimum absolute atomic E-state index is 0.0460. The van der Waals surface area contributed by atoms with Gasteiger partial charge in [0.15, 0.2) is 6.61 Å². The molecule has 33 heavy (non-hydrogen) atoms. The topological polar surface area (TPSA) is 93.2 Å². The number of anilines is 1. The van der Waals surface area contributed by atoms with Crippen LogP contribution in [0.5, 0.6) is 0 Å². The summed E-state index contributed by atoms with van der Waals surface area (Å²) in [6.45, 7) is 2.59. The highest BCUT2D eigenvalue weighted by Gasteiger charge is 2.29. The number of piperidine rings is 1. The average Bonchev–Trinajstić information content (AvgIpc) is 3.29. The lowest BCUT2D eigenvalue weighted by Gasteiger charge is -2.31. The Hall–Kier alpha value is -1.98. The summed E-state index contributed by atoms with van der Waals surface area (Å²) in [6.07, 6.45) is 2.63. The van der Waals surface area contributed by atoms with Crippen molar-refractivity contribution < 1.29 is 27.5 Å². The van der Waals surface area contributed by atoms with Gasteiger partial charge in [-0.1, -0.05) is 18.0 Å². The van der Waals surface area contributed by atoms with E-state index >= 15 is 0 Å². The standard InChI is InChI=1S/C22H25ClN2O6S2/c23-21-7-6-20(32-21)19(26)15-31-22(27)17-14-16(33(28,29)25-8-2-1-3-9-25)4-5-18(17)24-10-12-30-13-11-24/h4-7,14H,1-3,8-13,15H2. The van der Waals surface area contributed by atoms with E-state index in [1.165, 1.54) is 16.4 Å². The van der Waals surface area contributed by atoms with Crippen LogP contribution in [-0.2, 0) is 19.5 Å². The third kappa shape index (κ3) is 5.58. The molecule has 1 aromatic heterocycles. The molecule has 8 nitrogen and oxygen atoms in total. The molecule has 0 aliphatic carbocycles. The van der Waals surface area contributed by atoms with Crippen LogP contribution in [0, 0.1) is 0 Å². The number of ketones is 1. The molecule has 178 valence electrons. The minimum atomic E-state index is -3.73. The number of nitrogens with zero attached hydrogens (tertiary/aromatic N) is 2. The third-order valence-corrected chi connectivity index (χ3v) is 8.84. The molecule has 0 amide bonds. The van der Waals surface area contributed by atoms with Gasteiger partial charge in [0.25, 0.3) is 0 Å². The summed E-state index contributed by atoms with van der Waals surface area (Å²) in [7, 11) is -3.73. The number of ether oxygens (including phenoxy) is 2. The van der Waals surface area contributed by atoms with Crippen molar-refractivity contribution in [3.05, 3.63) is 45.1 Å². The second kappa shape index (κ2) is 10.5. The third-order valence-electron chi connectivity index (χ3n) is 5.67. The van der Waals surface area contributed by atoms with E-state index in [1.54, 1.807) is 18.2 Å². The van der Waals surface area contributed by atoms with Crippen LogP contribution in [-0.4, -0.2) is 70.5 Å². The number of esters is 1. The summed E-state index contributed by atoms with van der Waals surface area (Å²) in [4.78, 5) is 27.8. The van der Waals surface area contributed by atoms with Crippen LogP contribution in [0.15, 0.2) is 35.2 Å². The summed E-state index contributed by atoms with van der Waals surface area (Å²) in [5.41, 5.74) is 0.680. The Morgan fingerprint density at radius 1 is 1.03 bits per heavy atom. The smallest absolute Gasteiger partial charge is 0.340 e. The predicted molar refractivity (Wildman–Crippen MR) is 126 cm³/mol. The lowest BCUT2D eigenvalue weighted by atomic mass is 10.1. The van der Waals surface area contributed by atoms with Gasteiger partial charge >= 0.3 is 5.97 Å². The van der Waals surface area contributed by atoms with Crippen LogP contribution in [0.4, 0.5) is 5.69 Å². The monoisotopic (exact) mass is 512 g/mol. The fraction of sp³-hybridized carbons (Fsp3) is 0.455. The summed E-state index contributed by atoms with van der Waals surface area (Å²) in [6, 6.07) is 7.72. The Morgan fingerprint density at radius 3 is 2.42 bits per heavy atom. The quantitative estimate of drug-likeness (QED) is 0.414. The molecule has 0 saturated carbocycles. The Bertz CT molecular complexity index is 1120. The Balaban J connectivity index is 1.60. The highest BCUT2D eigenvalue weighted by molar-refractivity contribution is 7.89. The molecule has 1 aromatic carbocycles. The first kappa shape index (κ1) is 24.2. The van der Waals surface area contributed by atoms with Gasteiger partial charge in [-0.25, -0.2) is 13.2 Å². The molecule has 2 aliphatic rings. The van der Waals surface area contributed by atoms with Gasteiger partial charge in [0.1, 0.15) is 0 Å². The van der Waals surface area contributed by atoms with Gasteiger partial charge in [-0.3, -0.25) is 4.79 Å². The van der Waals surface area contributed by atoms with Gasteiger partial charge in [0, 0.05) is 26.2 Å². The fourth-order valence-electron chi connectivity index (χ4n) is 3.92. The molecule has 3 heterocycles. The van der Waals surface area contributed by atoms with Crippen molar-refractivity contribution in [2.45, 2.75) is 24.2 Å². The van der Waals surface area contributed by atoms with Crippen molar-refractivity contribution in [2.75, 3.05) is 50.9 Å². The molecule has 0 radical (unpaired) electrons. The van der Waals surface area contributed by atoms with Gasteiger partial charge in [-0.05, 0) is 43.2 Å². The fourth-order valence-corrected chi connectivity index (χ4v) is 6.43. The summed E-state index contributed by atoms with van der Waals surface area (Å²) in [5.74, 6) is -1.12. The number of hydrogen-bond donors (Lipinski definition) is 0. The van der Waals surface area contributed by atoms with E-state index in [2.05, 4.69) is 0 Å². The summed E-state index contributed by atoms with van der Waals surface area (Å²) in [5, 5.41) is 0. The average molecular weight is 513 g/mol. The molecule has 0 N–H and O–H groups in total. The molecule has 2 aromatic rings. The molecular formula is C22H25ClN2O6S2. The van der Waals surface area contributed by atoms with E-state index in [9.17, 15) is 18.0 Å². The minimum Gasteiger partial charge on any atom is -0.454 e. The first-order valence-corrected chi connectivity index (χ1v) is 13.4. The van der Waals surface area contributed by atoms with Crippen molar-refractivity contribution in [3.63, 3.8) is 0 Å². The maximum absolute atomic E-state index is 13.2. The SMILES string of the molecule is O=C(COC(=O)c1cc(S(=O)(=O)N2CCCCC2)ccc1N1CCOCC1)c1ccc(Cl)s1.